The quantitative estimate of drug-likeness (QED) is 0.671. The third-order valence-electron chi connectivity index (χ3n) is 3.83. The van der Waals surface area contributed by atoms with Crippen LogP contribution in [0.3, 0.4) is 0 Å². The summed E-state index contributed by atoms with van der Waals surface area (Å²) in [4.78, 5) is 13.6. The van der Waals surface area contributed by atoms with Gasteiger partial charge in [0, 0.05) is 12.6 Å². The number of hydrogen-bond acceptors (Lipinski definition) is 3. The van der Waals surface area contributed by atoms with Crippen molar-refractivity contribution in [3.05, 3.63) is 29.8 Å². The molecule has 0 aromatic heterocycles. The van der Waals surface area contributed by atoms with Gasteiger partial charge in [0.05, 0.1) is 6.61 Å². The maximum Gasteiger partial charge on any atom is 0.339 e. The summed E-state index contributed by atoms with van der Waals surface area (Å²) in [6.07, 6.45) is 6.07. The number of nitrogens with zero attached hydrogens (tertiary/aromatic N) is 1. The standard InChI is InChI=1S/C17H25NO3/c1-2-3-11-18(14-9-10-14)12-6-13-21-16-8-5-4-7-15(16)17(19)20/h4-5,7-8,14H,2-3,6,9-13H2,1H3,(H,19,20). The molecular formula is C17H25NO3. The summed E-state index contributed by atoms with van der Waals surface area (Å²) in [5.41, 5.74) is 0.238. The molecule has 1 fully saturated rings. The Morgan fingerprint density at radius 3 is 2.67 bits per heavy atom. The minimum Gasteiger partial charge on any atom is -0.493 e. The first-order chi connectivity index (χ1) is 10.2. The van der Waals surface area contributed by atoms with E-state index in [9.17, 15) is 4.79 Å². The number of carbonyl (C=O) groups is 1. The van der Waals surface area contributed by atoms with E-state index in [0.29, 0.717) is 12.4 Å². The van der Waals surface area contributed by atoms with E-state index in [1.165, 1.54) is 32.2 Å². The molecule has 1 N–H and O–H groups in total. The maximum absolute atomic E-state index is 11.1. The number of benzene rings is 1. The van der Waals surface area contributed by atoms with Gasteiger partial charge in [-0.1, -0.05) is 25.5 Å². The van der Waals surface area contributed by atoms with Crippen LogP contribution in [0.2, 0.25) is 0 Å². The van der Waals surface area contributed by atoms with Gasteiger partial charge in [-0.2, -0.15) is 0 Å². The van der Waals surface area contributed by atoms with Crippen molar-refractivity contribution in [1.82, 2.24) is 4.90 Å². The Hall–Kier alpha value is -1.55. The summed E-state index contributed by atoms with van der Waals surface area (Å²) < 4.78 is 5.65. The molecule has 0 unspecified atom stereocenters. The largest absolute Gasteiger partial charge is 0.493 e. The number of unbranched alkanes of at least 4 members (excludes halogenated alkanes) is 1. The van der Waals surface area contributed by atoms with Gasteiger partial charge in [-0.05, 0) is 44.4 Å². The average Bonchev–Trinajstić information content (AvgIpc) is 3.31. The zero-order chi connectivity index (χ0) is 15.1. The minimum atomic E-state index is -0.937. The zero-order valence-electron chi connectivity index (χ0n) is 12.8. The molecule has 1 aromatic rings. The first-order valence-corrected chi connectivity index (χ1v) is 7.91. The van der Waals surface area contributed by atoms with Crippen molar-refractivity contribution in [1.29, 1.82) is 0 Å². The second-order valence-corrected chi connectivity index (χ2v) is 5.62. The topological polar surface area (TPSA) is 49.8 Å². The number of rotatable bonds is 10. The number of hydrogen-bond donors (Lipinski definition) is 1. The normalized spacial score (nSPS) is 14.4. The van der Waals surface area contributed by atoms with Gasteiger partial charge in [0.1, 0.15) is 11.3 Å². The van der Waals surface area contributed by atoms with Crippen LogP contribution in [0.15, 0.2) is 24.3 Å². The van der Waals surface area contributed by atoms with Crippen LogP contribution in [-0.4, -0.2) is 41.7 Å². The molecule has 21 heavy (non-hydrogen) atoms. The molecular weight excluding hydrogens is 266 g/mol. The van der Waals surface area contributed by atoms with Crippen molar-refractivity contribution in [2.24, 2.45) is 0 Å². The molecule has 4 heteroatoms. The molecule has 1 aliphatic carbocycles. The molecule has 0 amide bonds. The highest BCUT2D eigenvalue weighted by Gasteiger charge is 2.27. The minimum absolute atomic E-state index is 0.238. The monoisotopic (exact) mass is 291 g/mol. The predicted molar refractivity (Wildman–Crippen MR) is 83.0 cm³/mol. The van der Waals surface area contributed by atoms with Gasteiger partial charge in [0.2, 0.25) is 0 Å². The van der Waals surface area contributed by atoms with E-state index >= 15 is 0 Å². The van der Waals surface area contributed by atoms with Gasteiger partial charge in [-0.15, -0.1) is 0 Å². The molecule has 0 spiro atoms. The lowest BCUT2D eigenvalue weighted by Gasteiger charge is -2.21. The van der Waals surface area contributed by atoms with E-state index in [1.807, 2.05) is 0 Å². The summed E-state index contributed by atoms with van der Waals surface area (Å²) in [6.45, 7) is 5.00. The summed E-state index contributed by atoms with van der Waals surface area (Å²) in [5, 5.41) is 9.10. The summed E-state index contributed by atoms with van der Waals surface area (Å²) >= 11 is 0. The Balaban J connectivity index is 1.75. The van der Waals surface area contributed by atoms with Gasteiger partial charge >= 0.3 is 5.97 Å². The fourth-order valence-corrected chi connectivity index (χ4v) is 2.50. The predicted octanol–water partition coefficient (Wildman–Crippen LogP) is 3.42. The summed E-state index contributed by atoms with van der Waals surface area (Å²) in [7, 11) is 0. The smallest absolute Gasteiger partial charge is 0.339 e. The Labute approximate surface area is 126 Å². The van der Waals surface area contributed by atoms with Gasteiger partial charge in [0.15, 0.2) is 0 Å². The summed E-state index contributed by atoms with van der Waals surface area (Å²) in [6, 6.07) is 7.60. The van der Waals surface area contributed by atoms with Crippen LogP contribution in [0.25, 0.3) is 0 Å². The van der Waals surface area contributed by atoms with Crippen molar-refractivity contribution in [2.75, 3.05) is 19.7 Å². The molecule has 2 rings (SSSR count). The van der Waals surface area contributed by atoms with Gasteiger partial charge in [0.25, 0.3) is 0 Å². The lowest BCUT2D eigenvalue weighted by molar-refractivity contribution is 0.0692. The Bertz CT molecular complexity index is 457. The van der Waals surface area contributed by atoms with Crippen LogP contribution in [0.5, 0.6) is 5.75 Å². The number of ether oxygens (including phenoxy) is 1. The number of aromatic carboxylic acids is 1. The molecule has 0 heterocycles. The highest BCUT2D eigenvalue weighted by atomic mass is 16.5. The van der Waals surface area contributed by atoms with Gasteiger partial charge < -0.3 is 14.7 Å². The first kappa shape index (κ1) is 15.8. The molecule has 116 valence electrons. The molecule has 0 saturated heterocycles. The fourth-order valence-electron chi connectivity index (χ4n) is 2.50. The van der Waals surface area contributed by atoms with E-state index in [-0.39, 0.29) is 5.56 Å². The number of para-hydroxylation sites is 1. The van der Waals surface area contributed by atoms with Crippen LogP contribution in [0.4, 0.5) is 0 Å². The lowest BCUT2D eigenvalue weighted by Crippen LogP contribution is -2.29. The van der Waals surface area contributed by atoms with E-state index < -0.39 is 5.97 Å². The van der Waals surface area contributed by atoms with Crippen LogP contribution in [0, 0.1) is 0 Å². The fraction of sp³-hybridized carbons (Fsp3) is 0.588. The van der Waals surface area contributed by atoms with Crippen molar-refractivity contribution in [2.45, 2.75) is 45.1 Å². The molecule has 1 saturated carbocycles. The number of carboxylic acids is 1. The molecule has 1 aromatic carbocycles. The average molecular weight is 291 g/mol. The zero-order valence-corrected chi connectivity index (χ0v) is 12.8. The van der Waals surface area contributed by atoms with Crippen LogP contribution in [0.1, 0.15) is 49.4 Å². The van der Waals surface area contributed by atoms with E-state index in [4.69, 9.17) is 9.84 Å². The second kappa shape index (κ2) is 8.03. The van der Waals surface area contributed by atoms with Crippen molar-refractivity contribution in [3.8, 4) is 5.75 Å². The van der Waals surface area contributed by atoms with Crippen LogP contribution >= 0.6 is 0 Å². The van der Waals surface area contributed by atoms with Crippen molar-refractivity contribution in [3.63, 3.8) is 0 Å². The Morgan fingerprint density at radius 2 is 2.00 bits per heavy atom. The summed E-state index contributed by atoms with van der Waals surface area (Å²) in [5.74, 6) is -0.468. The highest BCUT2D eigenvalue weighted by Crippen LogP contribution is 2.27. The third kappa shape index (κ3) is 5.05. The van der Waals surface area contributed by atoms with E-state index in [0.717, 1.165) is 19.0 Å². The molecule has 0 atom stereocenters. The van der Waals surface area contributed by atoms with Crippen LogP contribution in [-0.2, 0) is 0 Å². The first-order valence-electron chi connectivity index (χ1n) is 7.91. The van der Waals surface area contributed by atoms with Crippen LogP contribution < -0.4 is 4.74 Å². The van der Waals surface area contributed by atoms with Gasteiger partial charge in [-0.3, -0.25) is 0 Å². The third-order valence-corrected chi connectivity index (χ3v) is 3.83. The molecule has 0 radical (unpaired) electrons. The van der Waals surface area contributed by atoms with Gasteiger partial charge in [-0.25, -0.2) is 4.79 Å². The highest BCUT2D eigenvalue weighted by molar-refractivity contribution is 5.90. The van der Waals surface area contributed by atoms with Crippen molar-refractivity contribution >= 4 is 5.97 Å². The number of carboxylic acid groups (broad SMARTS) is 1. The Kier molecular flexibility index (Phi) is 6.05. The molecule has 0 aliphatic heterocycles. The molecule has 0 bridgehead atoms. The van der Waals surface area contributed by atoms with E-state index in [2.05, 4.69) is 11.8 Å². The SMILES string of the molecule is CCCCN(CCCOc1ccccc1C(=O)O)C1CC1. The lowest BCUT2D eigenvalue weighted by atomic mass is 10.2. The van der Waals surface area contributed by atoms with E-state index in [1.54, 1.807) is 24.3 Å². The van der Waals surface area contributed by atoms with Crippen molar-refractivity contribution < 1.29 is 14.6 Å². The molecule has 4 nitrogen and oxygen atoms in total. The second-order valence-electron chi connectivity index (χ2n) is 5.62. The maximum atomic E-state index is 11.1. The molecule has 1 aliphatic rings. The Morgan fingerprint density at radius 1 is 1.29 bits per heavy atom.